The number of aromatic nitrogens is 2. The third kappa shape index (κ3) is 3.60. The van der Waals surface area contributed by atoms with Crippen LogP contribution in [0.1, 0.15) is 11.3 Å². The van der Waals surface area contributed by atoms with Crippen molar-refractivity contribution in [2.45, 2.75) is 6.42 Å². The van der Waals surface area contributed by atoms with Crippen molar-refractivity contribution >= 4 is 18.0 Å². The van der Waals surface area contributed by atoms with Gasteiger partial charge in [0, 0.05) is 30.1 Å². The number of hydrogen-bond acceptors (Lipinski definition) is 4. The molecule has 0 spiro atoms. The van der Waals surface area contributed by atoms with Crippen molar-refractivity contribution in [2.24, 2.45) is 0 Å². The first-order valence-corrected chi connectivity index (χ1v) is 6.47. The van der Waals surface area contributed by atoms with Gasteiger partial charge in [0.1, 0.15) is 12.1 Å². The summed E-state index contributed by atoms with van der Waals surface area (Å²) in [5, 5.41) is 0. The molecule has 0 fully saturated rings. The Morgan fingerprint density at radius 1 is 1.19 bits per heavy atom. The van der Waals surface area contributed by atoms with Crippen molar-refractivity contribution in [2.75, 3.05) is 11.4 Å². The summed E-state index contributed by atoms with van der Waals surface area (Å²) >= 11 is 0. The van der Waals surface area contributed by atoms with E-state index in [1.807, 2.05) is 24.3 Å². The summed E-state index contributed by atoms with van der Waals surface area (Å²) in [5.74, 6) is 0.100. The summed E-state index contributed by atoms with van der Waals surface area (Å²) in [6.07, 6.45) is 5.67. The molecule has 1 amide bonds. The molecular formula is C16H15N3O2. The molecule has 2 rings (SSSR count). The van der Waals surface area contributed by atoms with Gasteiger partial charge in [-0.2, -0.15) is 0 Å². The summed E-state index contributed by atoms with van der Waals surface area (Å²) in [5.41, 5.74) is 1.69. The maximum absolute atomic E-state index is 11.9. The van der Waals surface area contributed by atoms with Crippen LogP contribution in [0.25, 0.3) is 0 Å². The summed E-state index contributed by atoms with van der Waals surface area (Å²) < 4.78 is 0. The van der Waals surface area contributed by atoms with Gasteiger partial charge in [-0.15, -0.1) is 0 Å². The first kappa shape index (κ1) is 14.6. The standard InChI is InChI=1S/C16H15N3O2/c1-2-15(21)19(10-11-20)16-13(6-5-9-18-16)12-14-7-3-4-8-17-14/h2-9,11H,1,10,12H2. The number of nitrogens with zero attached hydrogens (tertiary/aromatic N) is 3. The highest BCUT2D eigenvalue weighted by molar-refractivity contribution is 6.02. The molecule has 0 N–H and O–H groups in total. The van der Waals surface area contributed by atoms with Crippen LogP contribution in [0.2, 0.25) is 0 Å². The fraction of sp³-hybridized carbons (Fsp3) is 0.125. The number of amides is 1. The highest BCUT2D eigenvalue weighted by atomic mass is 16.2. The van der Waals surface area contributed by atoms with Gasteiger partial charge in [-0.3, -0.25) is 14.7 Å². The van der Waals surface area contributed by atoms with Crippen molar-refractivity contribution in [1.82, 2.24) is 9.97 Å². The van der Waals surface area contributed by atoms with Gasteiger partial charge in [-0.1, -0.05) is 18.7 Å². The maximum atomic E-state index is 11.9. The van der Waals surface area contributed by atoms with Crippen LogP contribution in [-0.2, 0) is 16.0 Å². The van der Waals surface area contributed by atoms with Gasteiger partial charge < -0.3 is 4.79 Å². The highest BCUT2D eigenvalue weighted by Crippen LogP contribution is 2.20. The third-order valence-electron chi connectivity index (χ3n) is 2.92. The topological polar surface area (TPSA) is 63.2 Å². The van der Waals surface area contributed by atoms with Gasteiger partial charge in [-0.25, -0.2) is 4.98 Å². The molecule has 0 bridgehead atoms. The van der Waals surface area contributed by atoms with Crippen LogP contribution in [0.4, 0.5) is 5.82 Å². The van der Waals surface area contributed by atoms with Crippen LogP contribution in [-0.4, -0.2) is 28.7 Å². The van der Waals surface area contributed by atoms with E-state index in [1.165, 1.54) is 11.0 Å². The summed E-state index contributed by atoms with van der Waals surface area (Å²) in [4.78, 5) is 32.5. The molecule has 0 aliphatic carbocycles. The monoisotopic (exact) mass is 281 g/mol. The largest absolute Gasteiger partial charge is 0.301 e. The van der Waals surface area contributed by atoms with Gasteiger partial charge in [0.25, 0.3) is 5.91 Å². The average Bonchev–Trinajstić information content (AvgIpc) is 2.54. The molecule has 2 aromatic heterocycles. The van der Waals surface area contributed by atoms with Gasteiger partial charge >= 0.3 is 0 Å². The van der Waals surface area contributed by atoms with Crippen molar-refractivity contribution in [3.8, 4) is 0 Å². The average molecular weight is 281 g/mol. The number of anilines is 1. The van der Waals surface area contributed by atoms with E-state index in [-0.39, 0.29) is 12.5 Å². The lowest BCUT2D eigenvalue weighted by Crippen LogP contribution is -2.32. The van der Waals surface area contributed by atoms with E-state index >= 15 is 0 Å². The van der Waals surface area contributed by atoms with Crippen molar-refractivity contribution in [3.63, 3.8) is 0 Å². The highest BCUT2D eigenvalue weighted by Gasteiger charge is 2.17. The zero-order chi connectivity index (χ0) is 15.1. The summed E-state index contributed by atoms with van der Waals surface area (Å²) in [6, 6.07) is 9.30. The van der Waals surface area contributed by atoms with Crippen LogP contribution in [0.3, 0.4) is 0 Å². The number of aldehydes is 1. The molecule has 0 saturated heterocycles. The van der Waals surface area contributed by atoms with Crippen molar-refractivity contribution in [1.29, 1.82) is 0 Å². The van der Waals surface area contributed by atoms with Gasteiger partial charge in [0.05, 0.1) is 6.54 Å². The van der Waals surface area contributed by atoms with Gasteiger partial charge in [0.15, 0.2) is 0 Å². The first-order valence-electron chi connectivity index (χ1n) is 6.47. The van der Waals surface area contributed by atoms with Crippen LogP contribution in [0.5, 0.6) is 0 Å². The predicted octanol–water partition coefficient (Wildman–Crippen LogP) is 1.79. The minimum absolute atomic E-state index is 0.0584. The van der Waals surface area contributed by atoms with Crippen LogP contribution >= 0.6 is 0 Å². The third-order valence-corrected chi connectivity index (χ3v) is 2.92. The zero-order valence-corrected chi connectivity index (χ0v) is 11.5. The van der Waals surface area contributed by atoms with Gasteiger partial charge in [0.2, 0.25) is 0 Å². The predicted molar refractivity (Wildman–Crippen MR) is 79.9 cm³/mol. The Kier molecular flexibility index (Phi) is 4.93. The van der Waals surface area contributed by atoms with E-state index in [9.17, 15) is 9.59 Å². The molecule has 2 aromatic rings. The quantitative estimate of drug-likeness (QED) is 0.598. The molecular weight excluding hydrogens is 266 g/mol. The van der Waals surface area contributed by atoms with E-state index in [0.29, 0.717) is 18.5 Å². The molecule has 0 aliphatic rings. The molecule has 0 radical (unpaired) electrons. The SMILES string of the molecule is C=CC(=O)N(CC=O)c1ncccc1Cc1ccccn1. The molecule has 5 heteroatoms. The lowest BCUT2D eigenvalue weighted by atomic mass is 10.1. The normalized spacial score (nSPS) is 9.90. The second-order valence-electron chi connectivity index (χ2n) is 4.30. The molecule has 0 aliphatic heterocycles. The van der Waals surface area contributed by atoms with Gasteiger partial charge in [-0.05, 0) is 24.3 Å². The molecule has 0 saturated carbocycles. The molecule has 21 heavy (non-hydrogen) atoms. The maximum Gasteiger partial charge on any atom is 0.251 e. The lowest BCUT2D eigenvalue weighted by molar-refractivity contribution is -0.116. The molecule has 0 aromatic carbocycles. The second kappa shape index (κ2) is 7.09. The van der Waals surface area contributed by atoms with Crippen LogP contribution in [0.15, 0.2) is 55.4 Å². The van der Waals surface area contributed by atoms with Crippen molar-refractivity contribution < 1.29 is 9.59 Å². The summed E-state index contributed by atoms with van der Waals surface area (Å²) in [7, 11) is 0. The Bertz CT molecular complexity index is 641. The Morgan fingerprint density at radius 3 is 2.67 bits per heavy atom. The number of rotatable bonds is 6. The number of hydrogen-bond donors (Lipinski definition) is 0. The number of carbonyl (C=O) groups is 2. The molecule has 106 valence electrons. The Hall–Kier alpha value is -2.82. The van der Waals surface area contributed by atoms with E-state index in [0.717, 1.165) is 11.3 Å². The molecule has 0 atom stereocenters. The molecule has 2 heterocycles. The zero-order valence-electron chi connectivity index (χ0n) is 11.5. The smallest absolute Gasteiger partial charge is 0.251 e. The minimum atomic E-state index is -0.358. The Balaban J connectivity index is 2.37. The fourth-order valence-corrected chi connectivity index (χ4v) is 1.97. The van der Waals surface area contributed by atoms with E-state index in [4.69, 9.17) is 0 Å². The van der Waals surface area contributed by atoms with Crippen LogP contribution < -0.4 is 4.90 Å². The summed E-state index contributed by atoms with van der Waals surface area (Å²) in [6.45, 7) is 3.40. The Morgan fingerprint density at radius 2 is 2.00 bits per heavy atom. The fourth-order valence-electron chi connectivity index (χ4n) is 1.97. The lowest BCUT2D eigenvalue weighted by Gasteiger charge is -2.20. The Labute approximate surface area is 123 Å². The second-order valence-corrected chi connectivity index (χ2v) is 4.30. The molecule has 5 nitrogen and oxygen atoms in total. The van der Waals surface area contributed by atoms with E-state index in [2.05, 4.69) is 16.5 Å². The number of carbonyl (C=O) groups excluding carboxylic acids is 2. The van der Waals surface area contributed by atoms with Crippen LogP contribution in [0, 0.1) is 0 Å². The van der Waals surface area contributed by atoms with E-state index in [1.54, 1.807) is 18.5 Å². The number of pyridine rings is 2. The minimum Gasteiger partial charge on any atom is -0.301 e. The first-order chi connectivity index (χ1) is 10.3. The van der Waals surface area contributed by atoms with Crippen molar-refractivity contribution in [3.05, 3.63) is 66.6 Å². The van der Waals surface area contributed by atoms with E-state index < -0.39 is 0 Å². The molecule has 0 unspecified atom stereocenters.